The van der Waals surface area contributed by atoms with E-state index in [9.17, 15) is 9.59 Å². The summed E-state index contributed by atoms with van der Waals surface area (Å²) >= 11 is 3.51. The molecule has 0 aliphatic carbocycles. The van der Waals surface area contributed by atoms with E-state index in [4.69, 9.17) is 0 Å². The van der Waals surface area contributed by atoms with Gasteiger partial charge in [-0.2, -0.15) is 0 Å². The fourth-order valence-electron chi connectivity index (χ4n) is 4.94. The summed E-state index contributed by atoms with van der Waals surface area (Å²) in [5.74, 6) is -0.284. The normalized spacial score (nSPS) is 11.7. The van der Waals surface area contributed by atoms with Crippen molar-refractivity contribution in [1.82, 2.24) is 10.2 Å². The predicted octanol–water partition coefficient (Wildman–Crippen LogP) is 7.53. The van der Waals surface area contributed by atoms with Gasteiger partial charge in [0.05, 0.1) is 0 Å². The van der Waals surface area contributed by atoms with Crippen LogP contribution in [0.5, 0.6) is 0 Å². The smallest absolute Gasteiger partial charge is 0.243 e. The van der Waals surface area contributed by atoms with E-state index in [0.717, 1.165) is 39.6 Å². The number of unbranched alkanes of at least 4 members (excludes halogenated alkanes) is 1. The van der Waals surface area contributed by atoms with Gasteiger partial charge in [0.15, 0.2) is 0 Å². The Balaban J connectivity index is 1.71. The Morgan fingerprint density at radius 1 is 0.750 bits per heavy atom. The molecule has 0 bridgehead atoms. The van der Waals surface area contributed by atoms with Crippen LogP contribution in [-0.2, 0) is 22.6 Å². The first-order valence-electron chi connectivity index (χ1n) is 14.0. The lowest BCUT2D eigenvalue weighted by Crippen LogP contribution is -2.51. The molecule has 4 aromatic rings. The summed E-state index contributed by atoms with van der Waals surface area (Å²) in [7, 11) is 0. The van der Waals surface area contributed by atoms with Crippen molar-refractivity contribution in [3.05, 3.63) is 142 Å². The number of nitrogens with one attached hydrogen (secondary N) is 1. The second-order valence-electron chi connectivity index (χ2n) is 10.1. The van der Waals surface area contributed by atoms with Crippen LogP contribution >= 0.6 is 15.9 Å². The van der Waals surface area contributed by atoms with Gasteiger partial charge in [0, 0.05) is 36.3 Å². The van der Waals surface area contributed by atoms with Crippen molar-refractivity contribution in [3.8, 4) is 0 Å². The molecule has 0 aliphatic rings. The molecule has 0 saturated carbocycles. The highest BCUT2D eigenvalue weighted by atomic mass is 79.9. The van der Waals surface area contributed by atoms with Gasteiger partial charge in [0.1, 0.15) is 6.04 Å². The zero-order chi connectivity index (χ0) is 28.2. The molecule has 1 atom stereocenters. The first-order chi connectivity index (χ1) is 19.5. The Morgan fingerprint density at radius 2 is 1.30 bits per heavy atom. The maximum Gasteiger partial charge on any atom is 0.243 e. The van der Waals surface area contributed by atoms with E-state index in [-0.39, 0.29) is 24.2 Å². The molecule has 0 aromatic heterocycles. The molecule has 40 heavy (non-hydrogen) atoms. The van der Waals surface area contributed by atoms with E-state index in [2.05, 4.69) is 52.4 Å². The third kappa shape index (κ3) is 8.40. The molecule has 0 aliphatic heterocycles. The molecule has 4 aromatic carbocycles. The second-order valence-corrected chi connectivity index (χ2v) is 11.0. The standard InChI is InChI=1S/C35H37BrN2O2/c1-2-3-23-37-35(40)33(24-27-13-7-4-8-14-27)38(26-28-19-21-31(36)22-20-28)34(39)25-32(29-15-9-5-10-16-29)30-17-11-6-12-18-30/h4-22,32-33H,2-3,23-26H2,1H3,(H,37,40)/t33-/m1/s1. The van der Waals surface area contributed by atoms with Gasteiger partial charge in [-0.15, -0.1) is 0 Å². The molecular formula is C35H37BrN2O2. The van der Waals surface area contributed by atoms with Gasteiger partial charge >= 0.3 is 0 Å². The maximum atomic E-state index is 14.4. The van der Waals surface area contributed by atoms with E-state index in [1.54, 1.807) is 4.90 Å². The molecule has 0 spiro atoms. The molecule has 206 valence electrons. The Hall–Kier alpha value is -3.70. The van der Waals surface area contributed by atoms with Crippen LogP contribution in [0.2, 0.25) is 0 Å². The highest BCUT2D eigenvalue weighted by Crippen LogP contribution is 2.30. The fourth-order valence-corrected chi connectivity index (χ4v) is 5.20. The quantitative estimate of drug-likeness (QED) is 0.162. The van der Waals surface area contributed by atoms with Gasteiger partial charge < -0.3 is 10.2 Å². The Bertz CT molecular complexity index is 1290. The van der Waals surface area contributed by atoms with Crippen molar-refractivity contribution in [3.63, 3.8) is 0 Å². The minimum Gasteiger partial charge on any atom is -0.354 e. The van der Waals surface area contributed by atoms with Crippen molar-refractivity contribution in [2.75, 3.05) is 6.54 Å². The van der Waals surface area contributed by atoms with Crippen LogP contribution < -0.4 is 5.32 Å². The number of carbonyl (C=O) groups is 2. The summed E-state index contributed by atoms with van der Waals surface area (Å²) in [6, 6.07) is 37.6. The lowest BCUT2D eigenvalue weighted by atomic mass is 9.87. The third-order valence-electron chi connectivity index (χ3n) is 7.15. The Labute approximate surface area is 246 Å². The molecule has 0 saturated heterocycles. The minimum atomic E-state index is -0.636. The lowest BCUT2D eigenvalue weighted by Gasteiger charge is -2.33. The van der Waals surface area contributed by atoms with Crippen molar-refractivity contribution >= 4 is 27.7 Å². The van der Waals surface area contributed by atoms with Gasteiger partial charge in [-0.25, -0.2) is 0 Å². The van der Waals surface area contributed by atoms with E-state index < -0.39 is 6.04 Å². The van der Waals surface area contributed by atoms with E-state index in [1.165, 1.54) is 0 Å². The second kappa shape index (κ2) is 15.2. The van der Waals surface area contributed by atoms with Gasteiger partial charge in [-0.3, -0.25) is 9.59 Å². The number of nitrogens with zero attached hydrogens (tertiary/aromatic N) is 1. The summed E-state index contributed by atoms with van der Waals surface area (Å²) in [6.45, 7) is 3.04. The molecule has 0 unspecified atom stereocenters. The summed E-state index contributed by atoms with van der Waals surface area (Å²) in [4.78, 5) is 29.9. The van der Waals surface area contributed by atoms with Crippen molar-refractivity contribution < 1.29 is 9.59 Å². The number of carbonyl (C=O) groups excluding carboxylic acids is 2. The highest BCUT2D eigenvalue weighted by Gasteiger charge is 2.32. The monoisotopic (exact) mass is 596 g/mol. The van der Waals surface area contributed by atoms with Crippen LogP contribution in [0.15, 0.2) is 120 Å². The van der Waals surface area contributed by atoms with Crippen LogP contribution in [0.1, 0.15) is 54.4 Å². The van der Waals surface area contributed by atoms with Crippen molar-refractivity contribution in [1.29, 1.82) is 0 Å². The number of hydrogen-bond donors (Lipinski definition) is 1. The largest absolute Gasteiger partial charge is 0.354 e. The van der Waals surface area contributed by atoms with Crippen LogP contribution in [0, 0.1) is 0 Å². The lowest BCUT2D eigenvalue weighted by molar-refractivity contribution is -0.141. The predicted molar refractivity (Wildman–Crippen MR) is 166 cm³/mol. The highest BCUT2D eigenvalue weighted by molar-refractivity contribution is 9.10. The van der Waals surface area contributed by atoms with Gasteiger partial charge in [0.25, 0.3) is 0 Å². The number of hydrogen-bond acceptors (Lipinski definition) is 2. The summed E-state index contributed by atoms with van der Waals surface area (Å²) in [6.07, 6.45) is 2.59. The molecule has 2 amide bonds. The average molecular weight is 598 g/mol. The number of benzene rings is 4. The minimum absolute atomic E-state index is 0.0489. The van der Waals surface area contributed by atoms with Crippen molar-refractivity contribution in [2.24, 2.45) is 0 Å². The summed E-state index contributed by atoms with van der Waals surface area (Å²) in [5.41, 5.74) is 4.16. The van der Waals surface area contributed by atoms with Crippen molar-refractivity contribution in [2.45, 2.75) is 51.1 Å². The molecule has 4 rings (SSSR count). The van der Waals surface area contributed by atoms with Crippen LogP contribution in [0.4, 0.5) is 0 Å². The molecule has 5 heteroatoms. The van der Waals surface area contributed by atoms with Gasteiger partial charge in [0.2, 0.25) is 11.8 Å². The summed E-state index contributed by atoms with van der Waals surface area (Å²) in [5, 5.41) is 3.11. The van der Waals surface area contributed by atoms with E-state index >= 15 is 0 Å². The molecule has 1 N–H and O–H groups in total. The molecular weight excluding hydrogens is 560 g/mol. The first kappa shape index (κ1) is 29.3. The summed E-state index contributed by atoms with van der Waals surface area (Å²) < 4.78 is 0.973. The zero-order valence-electron chi connectivity index (χ0n) is 23.0. The van der Waals surface area contributed by atoms with E-state index in [0.29, 0.717) is 19.5 Å². The molecule has 0 heterocycles. The topological polar surface area (TPSA) is 49.4 Å². The first-order valence-corrected chi connectivity index (χ1v) is 14.8. The molecule has 0 radical (unpaired) electrons. The van der Waals surface area contributed by atoms with Gasteiger partial charge in [-0.05, 0) is 40.8 Å². The fraction of sp³-hybridized carbons (Fsp3) is 0.257. The zero-order valence-corrected chi connectivity index (χ0v) is 24.6. The molecule has 0 fully saturated rings. The number of halogens is 1. The Morgan fingerprint density at radius 3 is 1.85 bits per heavy atom. The number of amides is 2. The van der Waals surface area contributed by atoms with Crippen LogP contribution in [0.25, 0.3) is 0 Å². The number of rotatable bonds is 13. The Kier molecular flexibility index (Phi) is 11.1. The van der Waals surface area contributed by atoms with E-state index in [1.807, 2.05) is 91.0 Å². The molecule has 4 nitrogen and oxygen atoms in total. The SMILES string of the molecule is CCCCNC(=O)[C@@H](Cc1ccccc1)N(Cc1ccc(Br)cc1)C(=O)CC(c1ccccc1)c1ccccc1. The van der Waals surface area contributed by atoms with Gasteiger partial charge in [-0.1, -0.05) is 132 Å². The van der Waals surface area contributed by atoms with Crippen LogP contribution in [-0.4, -0.2) is 29.3 Å². The third-order valence-corrected chi connectivity index (χ3v) is 7.68. The van der Waals surface area contributed by atoms with Crippen LogP contribution in [0.3, 0.4) is 0 Å². The maximum absolute atomic E-state index is 14.4. The average Bonchev–Trinajstić information content (AvgIpc) is 3.00.